The molecule has 3 aromatic rings. The summed E-state index contributed by atoms with van der Waals surface area (Å²) >= 11 is 0. The number of rotatable bonds is 4. The summed E-state index contributed by atoms with van der Waals surface area (Å²) in [6.45, 7) is 0. The van der Waals surface area contributed by atoms with E-state index in [0.29, 0.717) is 0 Å². The van der Waals surface area contributed by atoms with E-state index < -0.39 is 25.0 Å². The third kappa shape index (κ3) is 3.50. The fourth-order valence-electron chi connectivity index (χ4n) is 2.00. The topological polar surface area (TPSA) is 140 Å². The van der Waals surface area contributed by atoms with Crippen molar-refractivity contribution in [3.05, 3.63) is 42.5 Å². The molecule has 2 aromatic carbocycles. The normalized spacial score (nSPS) is 11.9. The molecule has 0 saturated carbocycles. The number of aromatic nitrogens is 3. The van der Waals surface area contributed by atoms with Crippen molar-refractivity contribution in [1.29, 1.82) is 0 Å². The van der Waals surface area contributed by atoms with Crippen LogP contribution in [-0.2, 0) is 42.5 Å². The maximum atomic E-state index is 12.3. The van der Waals surface area contributed by atoms with E-state index >= 15 is 0 Å². The third-order valence-electron chi connectivity index (χ3n) is 2.96. The molecule has 130 valence electrons. The van der Waals surface area contributed by atoms with Crippen LogP contribution in [0.2, 0.25) is 0 Å². The Morgan fingerprint density at radius 3 is 2.29 bits per heavy atom. The van der Waals surface area contributed by atoms with E-state index in [0.717, 1.165) is 0 Å². The van der Waals surface area contributed by atoms with Crippen molar-refractivity contribution in [1.82, 2.24) is 15.4 Å². The molecule has 9 nitrogen and oxygen atoms in total. The molecule has 24 heavy (non-hydrogen) atoms. The predicted molar refractivity (Wildman–Crippen MR) is 79.9 cm³/mol. The minimum Gasteiger partial charge on any atom is -0.350 e. The zero-order chi connectivity index (χ0) is 16.7. The minimum absolute atomic E-state index is 0. The second kappa shape index (κ2) is 6.63. The van der Waals surface area contributed by atoms with Crippen molar-refractivity contribution in [2.45, 2.75) is 9.79 Å². The molecule has 0 saturated heterocycles. The maximum Gasteiger partial charge on any atom is 1.00 e. The van der Waals surface area contributed by atoms with Crippen molar-refractivity contribution in [2.24, 2.45) is 0 Å². The van der Waals surface area contributed by atoms with Gasteiger partial charge in [0.1, 0.15) is 4.90 Å². The van der Waals surface area contributed by atoms with Crippen LogP contribution in [-0.4, -0.2) is 31.7 Å². The van der Waals surface area contributed by atoms with Gasteiger partial charge in [-0.1, -0.05) is 24.3 Å². The number of fused-ring (bicyclic) bond motifs is 1. The molecule has 0 aliphatic heterocycles. The van der Waals surface area contributed by atoms with Gasteiger partial charge in [0.15, 0.2) is 0 Å². The second-order valence-corrected chi connectivity index (χ2v) is 7.53. The number of benzene rings is 2. The van der Waals surface area contributed by atoms with Gasteiger partial charge in [-0.2, -0.15) is 8.42 Å². The first-order valence-corrected chi connectivity index (χ1v) is 9.05. The summed E-state index contributed by atoms with van der Waals surface area (Å²) in [6.07, 6.45) is 0. The Kier molecular flexibility index (Phi) is 5.13. The van der Waals surface area contributed by atoms with Gasteiger partial charge < -0.3 is 10.2 Å². The molecular weight excluding hydrogens is 452 g/mol. The molecule has 3 rings (SSSR count). The molecule has 0 bridgehead atoms. The molecule has 12 heteroatoms. The predicted octanol–water partition coefficient (Wildman–Crippen LogP) is 0.632. The van der Waals surface area contributed by atoms with Crippen molar-refractivity contribution in [3.8, 4) is 0 Å². The second-order valence-electron chi connectivity index (χ2n) is 4.49. The maximum absolute atomic E-state index is 12.3. The van der Waals surface area contributed by atoms with Gasteiger partial charge >= 0.3 is 22.4 Å². The van der Waals surface area contributed by atoms with Crippen molar-refractivity contribution >= 4 is 36.9 Å². The molecule has 0 atom stereocenters. The molecule has 0 unspecified atom stereocenters. The fraction of sp³-hybridized carbons (Fsp3) is 0. The quantitative estimate of drug-likeness (QED) is 0.426. The zero-order valence-electron chi connectivity index (χ0n) is 11.6. The molecule has 0 aliphatic rings. The van der Waals surface area contributed by atoms with Crippen molar-refractivity contribution in [3.63, 3.8) is 0 Å². The number of nitrogens with one attached hydrogen (secondary N) is 1. The van der Waals surface area contributed by atoms with Crippen molar-refractivity contribution < 1.29 is 43.8 Å². The standard InChI is InChI=1S/C12H9N4O5S2.Ag/c17-22(18,8-4-2-1-3-5-8)15-10-7-6-9-11(14-16-13-9)12(10)23(19,20)21;/h1-7,15H,(H-,13,14,16,19,20,21);/q-1;+1. The van der Waals surface area contributed by atoms with Gasteiger partial charge in [0.05, 0.1) is 10.6 Å². The monoisotopic (exact) mass is 460 g/mol. The average Bonchev–Trinajstić information content (AvgIpc) is 2.94. The van der Waals surface area contributed by atoms with E-state index in [1.54, 1.807) is 6.07 Å². The number of hydrogen-bond donors (Lipinski definition) is 2. The van der Waals surface area contributed by atoms with E-state index in [2.05, 4.69) is 20.1 Å². The average molecular weight is 461 g/mol. The molecule has 2 N–H and O–H groups in total. The SMILES string of the molecule is O=S(=O)(O)c1c(NS(=O)(=O)c2ccccc2)ccc2[n-]nnc12.[Ag+]. The molecule has 0 radical (unpaired) electrons. The Hall–Kier alpha value is -1.76. The summed E-state index contributed by atoms with van der Waals surface area (Å²) in [4.78, 5) is -0.757. The third-order valence-corrected chi connectivity index (χ3v) is 5.27. The summed E-state index contributed by atoms with van der Waals surface area (Å²) < 4.78 is 59.4. The van der Waals surface area contributed by atoms with E-state index in [4.69, 9.17) is 0 Å². The molecule has 0 fully saturated rings. The fourth-order valence-corrected chi connectivity index (χ4v) is 3.94. The molecule has 1 heterocycles. The Balaban J connectivity index is 0.00000208. The van der Waals surface area contributed by atoms with Crippen molar-refractivity contribution in [2.75, 3.05) is 4.72 Å². The first-order chi connectivity index (χ1) is 10.8. The van der Waals surface area contributed by atoms with E-state index in [1.165, 1.54) is 36.4 Å². The minimum atomic E-state index is -4.75. The molecule has 1 aromatic heterocycles. The van der Waals surface area contributed by atoms with Crippen LogP contribution in [0.1, 0.15) is 0 Å². The summed E-state index contributed by atoms with van der Waals surface area (Å²) in [5.41, 5.74) is -0.452. The number of nitrogens with zero attached hydrogens (tertiary/aromatic N) is 3. The Morgan fingerprint density at radius 2 is 1.67 bits per heavy atom. The summed E-state index contributed by atoms with van der Waals surface area (Å²) in [7, 11) is -8.80. The largest absolute Gasteiger partial charge is 1.00 e. The van der Waals surface area contributed by atoms with Gasteiger partial charge in [0.25, 0.3) is 20.1 Å². The summed E-state index contributed by atoms with van der Waals surface area (Å²) in [5.74, 6) is 0. The van der Waals surface area contributed by atoms with Gasteiger partial charge in [-0.05, 0) is 23.7 Å². The van der Waals surface area contributed by atoms with Crippen LogP contribution < -0.4 is 9.82 Å². The van der Waals surface area contributed by atoms with Crippen LogP contribution >= 0.6 is 0 Å². The Bertz CT molecular complexity index is 1080. The first kappa shape index (κ1) is 18.6. The van der Waals surface area contributed by atoms with Crippen LogP contribution in [0.15, 0.2) is 52.3 Å². The number of hydrogen-bond acceptors (Lipinski definition) is 6. The Labute approximate surface area is 152 Å². The molecule has 0 amide bonds. The number of anilines is 1. The Morgan fingerprint density at radius 1 is 1.00 bits per heavy atom. The van der Waals surface area contributed by atoms with E-state index in [1.807, 2.05) is 0 Å². The van der Waals surface area contributed by atoms with Gasteiger partial charge in [-0.25, -0.2) is 8.42 Å². The molecular formula is C12H9AgN4O5S2. The summed E-state index contributed by atoms with van der Waals surface area (Å²) in [6, 6.07) is 9.88. The van der Waals surface area contributed by atoms with Crippen LogP contribution in [0.5, 0.6) is 0 Å². The van der Waals surface area contributed by atoms with Crippen LogP contribution in [0, 0.1) is 0 Å². The van der Waals surface area contributed by atoms with Gasteiger partial charge in [0, 0.05) is 5.52 Å². The summed E-state index contributed by atoms with van der Waals surface area (Å²) in [5, 5.41) is 10.4. The van der Waals surface area contributed by atoms with Gasteiger partial charge in [-0.15, -0.1) is 0 Å². The van der Waals surface area contributed by atoms with E-state index in [-0.39, 0.29) is 44.0 Å². The first-order valence-electron chi connectivity index (χ1n) is 6.13. The number of sulfonamides is 1. The van der Waals surface area contributed by atoms with Gasteiger partial charge in [-0.3, -0.25) is 14.5 Å². The smallest absolute Gasteiger partial charge is 0.350 e. The van der Waals surface area contributed by atoms with Crippen LogP contribution in [0.4, 0.5) is 5.69 Å². The van der Waals surface area contributed by atoms with E-state index in [9.17, 15) is 21.4 Å². The van der Waals surface area contributed by atoms with Crippen LogP contribution in [0.3, 0.4) is 0 Å². The molecule has 0 aliphatic carbocycles. The molecule has 0 spiro atoms. The van der Waals surface area contributed by atoms with Gasteiger partial charge in [0.2, 0.25) is 0 Å². The van der Waals surface area contributed by atoms with Crippen LogP contribution in [0.25, 0.3) is 11.0 Å². The zero-order valence-corrected chi connectivity index (χ0v) is 14.7.